The van der Waals surface area contributed by atoms with E-state index in [1.54, 1.807) is 6.20 Å². The van der Waals surface area contributed by atoms with E-state index in [0.29, 0.717) is 12.0 Å². The smallest absolute Gasteiger partial charge is 0.332 e. The first-order chi connectivity index (χ1) is 11.6. The van der Waals surface area contributed by atoms with Crippen molar-refractivity contribution in [3.05, 3.63) is 42.2 Å². The highest BCUT2D eigenvalue weighted by molar-refractivity contribution is 5.78. The number of rotatable bonds is 2. The van der Waals surface area contributed by atoms with Gasteiger partial charge >= 0.3 is 6.03 Å². The molecule has 4 atom stereocenters. The van der Waals surface area contributed by atoms with Crippen LogP contribution in [-0.2, 0) is 0 Å². The molecule has 0 spiro atoms. The second-order valence-corrected chi connectivity index (χ2v) is 7.17. The van der Waals surface area contributed by atoms with Crippen molar-refractivity contribution < 1.29 is 4.79 Å². The molecule has 1 amide bonds. The molecule has 1 aromatic heterocycles. The Morgan fingerprint density at radius 1 is 1.33 bits per heavy atom. The number of hydrogen-bond acceptors (Lipinski definition) is 3. The molecule has 0 aliphatic carbocycles. The molecular weight excluding hydrogens is 300 g/mol. The van der Waals surface area contributed by atoms with Crippen LogP contribution in [0.15, 0.2) is 36.7 Å². The second kappa shape index (κ2) is 6.06. The molecule has 2 aromatic rings. The molecule has 5 rings (SSSR count). The molecule has 0 radical (unpaired) electrons. The first-order valence-electron chi connectivity index (χ1n) is 8.77. The number of piperidine rings is 3. The van der Waals surface area contributed by atoms with E-state index in [2.05, 4.69) is 41.3 Å². The van der Waals surface area contributed by atoms with Gasteiger partial charge in [-0.15, -0.1) is 0 Å². The van der Waals surface area contributed by atoms with Gasteiger partial charge in [-0.2, -0.15) is 9.78 Å². The fourth-order valence-corrected chi connectivity index (χ4v) is 4.15. The molecule has 24 heavy (non-hydrogen) atoms. The minimum atomic E-state index is -0.124. The number of carbonyl (C=O) groups is 1. The van der Waals surface area contributed by atoms with Gasteiger partial charge in [0.15, 0.2) is 0 Å². The Kier molecular flexibility index (Phi) is 3.88. The van der Waals surface area contributed by atoms with Crippen LogP contribution in [0, 0.1) is 12.8 Å². The van der Waals surface area contributed by atoms with E-state index in [0.717, 1.165) is 24.2 Å². The average molecular weight is 324 g/mol. The molecular formula is C19H24N4O. The third-order valence-electron chi connectivity index (χ3n) is 5.61. The fraction of sp³-hybridized carbons (Fsp3) is 0.474. The first-order valence-corrected chi connectivity index (χ1v) is 8.77. The van der Waals surface area contributed by atoms with E-state index in [1.165, 1.54) is 23.1 Å². The zero-order chi connectivity index (χ0) is 16.7. The third kappa shape index (κ3) is 2.73. The number of aryl methyl sites for hydroxylation is 1. The lowest BCUT2D eigenvalue weighted by Crippen LogP contribution is -2.60. The maximum absolute atomic E-state index is 12.6. The predicted octanol–water partition coefficient (Wildman–Crippen LogP) is 2.90. The number of nitrogens with one attached hydrogen (secondary N) is 1. The van der Waals surface area contributed by atoms with Gasteiger partial charge in [0.25, 0.3) is 0 Å². The normalized spacial score (nSPS) is 28.8. The molecule has 0 saturated carbocycles. The van der Waals surface area contributed by atoms with Gasteiger partial charge in [-0.25, -0.2) is 4.79 Å². The van der Waals surface area contributed by atoms with Crippen molar-refractivity contribution in [1.29, 1.82) is 0 Å². The van der Waals surface area contributed by atoms with Gasteiger partial charge in [0.1, 0.15) is 0 Å². The van der Waals surface area contributed by atoms with Crippen LogP contribution in [-0.4, -0.2) is 45.9 Å². The van der Waals surface area contributed by atoms with Crippen molar-refractivity contribution in [3.8, 4) is 11.1 Å². The van der Waals surface area contributed by atoms with Crippen LogP contribution in [0.1, 0.15) is 25.3 Å². The molecule has 1 N–H and O–H groups in total. The lowest BCUT2D eigenvalue weighted by molar-refractivity contribution is 0.0321. The SMILES string of the molecule is Cc1ccccc1-c1cnn(C(=O)N[C@H]2CN3CCC2CC3C)c1. The monoisotopic (exact) mass is 324 g/mol. The molecule has 1 aromatic carbocycles. The number of nitrogens with zero attached hydrogens (tertiary/aromatic N) is 3. The predicted molar refractivity (Wildman–Crippen MR) is 93.9 cm³/mol. The molecule has 3 aliphatic rings. The quantitative estimate of drug-likeness (QED) is 0.924. The summed E-state index contributed by atoms with van der Waals surface area (Å²) in [5.41, 5.74) is 3.28. The van der Waals surface area contributed by atoms with E-state index in [1.807, 2.05) is 18.3 Å². The van der Waals surface area contributed by atoms with Crippen molar-refractivity contribution in [1.82, 2.24) is 20.0 Å². The highest BCUT2D eigenvalue weighted by Crippen LogP contribution is 2.32. The molecule has 3 saturated heterocycles. The second-order valence-electron chi connectivity index (χ2n) is 7.17. The lowest BCUT2D eigenvalue weighted by atomic mass is 9.80. The maximum atomic E-state index is 12.6. The van der Waals surface area contributed by atoms with Crippen LogP contribution < -0.4 is 5.32 Å². The molecule has 3 fully saturated rings. The summed E-state index contributed by atoms with van der Waals surface area (Å²) >= 11 is 0. The molecule has 5 nitrogen and oxygen atoms in total. The Hall–Kier alpha value is -2.14. The summed E-state index contributed by atoms with van der Waals surface area (Å²) in [5.74, 6) is 0.598. The van der Waals surface area contributed by atoms with Crippen LogP contribution in [0.2, 0.25) is 0 Å². The van der Waals surface area contributed by atoms with Gasteiger partial charge in [-0.3, -0.25) is 4.90 Å². The lowest BCUT2D eigenvalue weighted by Gasteiger charge is -2.48. The Labute approximate surface area is 142 Å². The summed E-state index contributed by atoms with van der Waals surface area (Å²) in [6.07, 6.45) is 5.95. The number of hydrogen-bond donors (Lipinski definition) is 1. The summed E-state index contributed by atoms with van der Waals surface area (Å²) in [4.78, 5) is 15.1. The minimum absolute atomic E-state index is 0.124. The Morgan fingerprint density at radius 3 is 2.88 bits per heavy atom. The third-order valence-corrected chi connectivity index (χ3v) is 5.61. The highest BCUT2D eigenvalue weighted by atomic mass is 16.2. The highest BCUT2D eigenvalue weighted by Gasteiger charge is 2.38. The van der Waals surface area contributed by atoms with Crippen molar-refractivity contribution in [2.75, 3.05) is 13.1 Å². The summed E-state index contributed by atoms with van der Waals surface area (Å²) < 4.78 is 1.43. The van der Waals surface area contributed by atoms with Gasteiger partial charge in [0.2, 0.25) is 0 Å². The largest absolute Gasteiger partial charge is 0.342 e. The van der Waals surface area contributed by atoms with E-state index in [9.17, 15) is 4.79 Å². The average Bonchev–Trinajstić information content (AvgIpc) is 3.06. The van der Waals surface area contributed by atoms with Crippen molar-refractivity contribution in [2.24, 2.45) is 5.92 Å². The number of carbonyl (C=O) groups excluding carboxylic acids is 1. The van der Waals surface area contributed by atoms with Crippen LogP contribution in [0.3, 0.4) is 0 Å². The summed E-state index contributed by atoms with van der Waals surface area (Å²) in [6, 6.07) is 8.92. The minimum Gasteiger partial charge on any atom is -0.332 e. The number of aromatic nitrogens is 2. The van der Waals surface area contributed by atoms with Gasteiger partial charge < -0.3 is 5.32 Å². The van der Waals surface area contributed by atoms with Crippen molar-refractivity contribution >= 4 is 6.03 Å². The van der Waals surface area contributed by atoms with E-state index in [-0.39, 0.29) is 12.1 Å². The summed E-state index contributed by atoms with van der Waals surface area (Å²) in [7, 11) is 0. The van der Waals surface area contributed by atoms with Gasteiger partial charge in [-0.05, 0) is 50.3 Å². The van der Waals surface area contributed by atoms with Gasteiger partial charge in [-0.1, -0.05) is 24.3 Å². The van der Waals surface area contributed by atoms with Crippen LogP contribution in [0.5, 0.6) is 0 Å². The topological polar surface area (TPSA) is 50.2 Å². The molecule has 5 heteroatoms. The standard InChI is InChI=1S/C19H24N4O/c1-13-5-3-4-6-17(13)16-10-20-23(11-16)19(24)21-18-12-22-8-7-15(18)9-14(22)2/h3-6,10-11,14-15,18H,7-9,12H2,1-2H3,(H,21,24)/t14?,15?,18-/m0/s1. The molecule has 4 heterocycles. The maximum Gasteiger partial charge on any atom is 0.342 e. The van der Waals surface area contributed by atoms with Gasteiger partial charge in [0, 0.05) is 30.4 Å². The fourth-order valence-electron chi connectivity index (χ4n) is 4.15. The Balaban J connectivity index is 1.47. The molecule has 3 unspecified atom stereocenters. The summed E-state index contributed by atoms with van der Waals surface area (Å²) in [5, 5.41) is 7.45. The summed E-state index contributed by atoms with van der Waals surface area (Å²) in [6.45, 7) is 6.48. The zero-order valence-electron chi connectivity index (χ0n) is 14.3. The van der Waals surface area contributed by atoms with E-state index < -0.39 is 0 Å². The van der Waals surface area contributed by atoms with E-state index >= 15 is 0 Å². The Bertz CT molecular complexity index is 753. The zero-order valence-corrected chi connectivity index (χ0v) is 14.3. The van der Waals surface area contributed by atoms with Crippen molar-refractivity contribution in [3.63, 3.8) is 0 Å². The van der Waals surface area contributed by atoms with Crippen molar-refractivity contribution in [2.45, 2.75) is 38.8 Å². The number of fused-ring (bicyclic) bond motifs is 3. The first kappa shape index (κ1) is 15.4. The van der Waals surface area contributed by atoms with Gasteiger partial charge in [0.05, 0.1) is 6.20 Å². The van der Waals surface area contributed by atoms with E-state index in [4.69, 9.17) is 0 Å². The van der Waals surface area contributed by atoms with Crippen LogP contribution >= 0.6 is 0 Å². The number of amides is 1. The van der Waals surface area contributed by atoms with Crippen LogP contribution in [0.4, 0.5) is 4.79 Å². The molecule has 2 bridgehead atoms. The number of benzene rings is 1. The molecule has 126 valence electrons. The Morgan fingerprint density at radius 2 is 2.17 bits per heavy atom. The molecule has 3 aliphatic heterocycles. The van der Waals surface area contributed by atoms with Crippen LogP contribution in [0.25, 0.3) is 11.1 Å².